The molecule has 0 radical (unpaired) electrons. The summed E-state index contributed by atoms with van der Waals surface area (Å²) < 4.78 is 0. The molecule has 0 aliphatic carbocycles. The Morgan fingerprint density at radius 1 is 1.12 bits per heavy atom. The van der Waals surface area contributed by atoms with Crippen LogP contribution in [-0.2, 0) is 6.42 Å². The zero-order valence-corrected chi connectivity index (χ0v) is 15.9. The number of hydrogen-bond acceptors (Lipinski definition) is 4. The lowest BCUT2D eigenvalue weighted by molar-refractivity contribution is 0.0731. The second kappa shape index (κ2) is 8.25. The molecule has 0 saturated carbocycles. The van der Waals surface area contributed by atoms with Gasteiger partial charge in [0.2, 0.25) is 0 Å². The monoisotopic (exact) mass is 365 g/mol. The van der Waals surface area contributed by atoms with E-state index < -0.39 is 0 Å². The van der Waals surface area contributed by atoms with Gasteiger partial charge in [-0.15, -0.1) is 11.3 Å². The third-order valence-electron chi connectivity index (χ3n) is 4.43. The van der Waals surface area contributed by atoms with Crippen LogP contribution in [0.4, 0.5) is 0 Å². The van der Waals surface area contributed by atoms with Crippen molar-refractivity contribution >= 4 is 17.2 Å². The number of carbonyl (C=O) groups is 1. The number of likely N-dealkylation sites (N-methyl/N-ethyl adjacent to an activating group) is 1. The van der Waals surface area contributed by atoms with Crippen LogP contribution in [0, 0.1) is 6.92 Å². The number of nitrogens with two attached hydrogens (primary N) is 1. The van der Waals surface area contributed by atoms with Gasteiger partial charge in [0.15, 0.2) is 0 Å². The predicted octanol–water partition coefficient (Wildman–Crippen LogP) is 3.76. The number of aromatic nitrogens is 1. The third-order valence-corrected chi connectivity index (χ3v) is 5.45. The number of benzene rings is 2. The Kier molecular flexibility index (Phi) is 5.81. The predicted molar refractivity (Wildman–Crippen MR) is 107 cm³/mol. The molecule has 26 heavy (non-hydrogen) atoms. The maximum Gasteiger partial charge on any atom is 0.274 e. The molecule has 0 bridgehead atoms. The molecule has 0 aliphatic rings. The second-order valence-electron chi connectivity index (χ2n) is 6.27. The molecular formula is C21H23N3OS. The van der Waals surface area contributed by atoms with Gasteiger partial charge in [0.05, 0.1) is 9.88 Å². The Hall–Kier alpha value is -2.50. The zero-order valence-electron chi connectivity index (χ0n) is 15.1. The first-order valence-corrected chi connectivity index (χ1v) is 9.45. The highest BCUT2D eigenvalue weighted by Crippen LogP contribution is 2.31. The van der Waals surface area contributed by atoms with E-state index in [1.54, 1.807) is 16.2 Å². The normalized spacial score (nSPS) is 12.0. The molecule has 0 aliphatic heterocycles. The SMILES string of the molecule is Cc1nc(C(=O)N(C)[C@H](CN)Cc2ccccc2)c(-c2ccccc2)s1. The minimum Gasteiger partial charge on any atom is -0.336 e. The van der Waals surface area contributed by atoms with E-state index in [1.807, 2.05) is 62.5 Å². The maximum atomic E-state index is 13.2. The van der Waals surface area contributed by atoms with Crippen LogP contribution in [0.5, 0.6) is 0 Å². The Labute approximate surface area is 158 Å². The number of carbonyl (C=O) groups excluding carboxylic acids is 1. The number of aryl methyl sites for hydroxylation is 1. The van der Waals surface area contributed by atoms with Crippen molar-refractivity contribution in [3.63, 3.8) is 0 Å². The highest BCUT2D eigenvalue weighted by Gasteiger charge is 2.25. The van der Waals surface area contributed by atoms with Gasteiger partial charge in [-0.05, 0) is 24.5 Å². The van der Waals surface area contributed by atoms with Crippen molar-refractivity contribution in [2.45, 2.75) is 19.4 Å². The van der Waals surface area contributed by atoms with Crippen molar-refractivity contribution in [3.05, 3.63) is 76.9 Å². The molecule has 0 fully saturated rings. The van der Waals surface area contributed by atoms with Crippen LogP contribution in [0.3, 0.4) is 0 Å². The Morgan fingerprint density at radius 3 is 2.35 bits per heavy atom. The summed E-state index contributed by atoms with van der Waals surface area (Å²) >= 11 is 1.55. The van der Waals surface area contributed by atoms with E-state index in [1.165, 1.54) is 5.56 Å². The molecule has 134 valence electrons. The van der Waals surface area contributed by atoms with Gasteiger partial charge in [-0.25, -0.2) is 4.98 Å². The van der Waals surface area contributed by atoms with Gasteiger partial charge in [0, 0.05) is 19.6 Å². The molecule has 1 atom stereocenters. The van der Waals surface area contributed by atoms with Gasteiger partial charge in [-0.2, -0.15) is 0 Å². The first kappa shape index (κ1) is 18.3. The van der Waals surface area contributed by atoms with Crippen LogP contribution in [0.15, 0.2) is 60.7 Å². The van der Waals surface area contributed by atoms with E-state index in [-0.39, 0.29) is 11.9 Å². The topological polar surface area (TPSA) is 59.2 Å². The summed E-state index contributed by atoms with van der Waals surface area (Å²) in [6.07, 6.45) is 0.726. The van der Waals surface area contributed by atoms with E-state index in [0.29, 0.717) is 12.2 Å². The standard InChI is InChI=1S/C21H23N3OS/c1-15-23-19(20(26-15)17-11-7-4-8-12-17)21(25)24(2)18(14-22)13-16-9-5-3-6-10-16/h3-12,18H,13-14,22H2,1-2H3/t18-/m0/s1. The average Bonchev–Trinajstić information content (AvgIpc) is 3.08. The lowest BCUT2D eigenvalue weighted by atomic mass is 10.0. The van der Waals surface area contributed by atoms with Crippen LogP contribution in [0.25, 0.3) is 10.4 Å². The van der Waals surface area contributed by atoms with Crippen LogP contribution >= 0.6 is 11.3 Å². The van der Waals surface area contributed by atoms with E-state index >= 15 is 0 Å². The molecule has 3 rings (SSSR count). The zero-order chi connectivity index (χ0) is 18.5. The number of thiazole rings is 1. The molecule has 2 N–H and O–H groups in total. The Balaban J connectivity index is 1.86. The highest BCUT2D eigenvalue weighted by molar-refractivity contribution is 7.15. The molecule has 0 spiro atoms. The number of rotatable bonds is 6. The molecule has 3 aromatic rings. The molecule has 2 aromatic carbocycles. The van der Waals surface area contributed by atoms with E-state index in [9.17, 15) is 4.79 Å². The fourth-order valence-corrected chi connectivity index (χ4v) is 3.87. The van der Waals surface area contributed by atoms with Crippen molar-refractivity contribution in [3.8, 4) is 10.4 Å². The van der Waals surface area contributed by atoms with Crippen LogP contribution in [0.2, 0.25) is 0 Å². The number of amides is 1. The van der Waals surface area contributed by atoms with Crippen molar-refractivity contribution in [2.24, 2.45) is 5.73 Å². The van der Waals surface area contributed by atoms with Crippen molar-refractivity contribution in [1.82, 2.24) is 9.88 Å². The first-order chi connectivity index (χ1) is 12.6. The second-order valence-corrected chi connectivity index (χ2v) is 7.48. The van der Waals surface area contributed by atoms with Crippen molar-refractivity contribution in [2.75, 3.05) is 13.6 Å². The lowest BCUT2D eigenvalue weighted by Gasteiger charge is -2.27. The fourth-order valence-electron chi connectivity index (χ4n) is 2.95. The maximum absolute atomic E-state index is 13.2. The summed E-state index contributed by atoms with van der Waals surface area (Å²) in [4.78, 5) is 20.3. The van der Waals surface area contributed by atoms with Gasteiger partial charge < -0.3 is 10.6 Å². The van der Waals surface area contributed by atoms with Gasteiger partial charge in [0.1, 0.15) is 5.69 Å². The fraction of sp³-hybridized carbons (Fsp3) is 0.238. The summed E-state index contributed by atoms with van der Waals surface area (Å²) in [5, 5.41) is 0.882. The summed E-state index contributed by atoms with van der Waals surface area (Å²) in [5.41, 5.74) is 8.67. The van der Waals surface area contributed by atoms with Gasteiger partial charge in [0.25, 0.3) is 5.91 Å². The molecule has 1 heterocycles. The van der Waals surface area contributed by atoms with Crippen LogP contribution in [-0.4, -0.2) is 35.4 Å². The minimum absolute atomic E-state index is 0.0736. The molecule has 0 saturated heterocycles. The van der Waals surface area contributed by atoms with Crippen LogP contribution < -0.4 is 5.73 Å². The summed E-state index contributed by atoms with van der Waals surface area (Å²) in [7, 11) is 1.81. The van der Waals surface area contributed by atoms with E-state index in [0.717, 1.165) is 21.9 Å². The first-order valence-electron chi connectivity index (χ1n) is 8.64. The number of nitrogens with zero attached hydrogens (tertiary/aromatic N) is 2. The molecule has 1 aromatic heterocycles. The van der Waals surface area contributed by atoms with E-state index in [4.69, 9.17) is 5.73 Å². The highest BCUT2D eigenvalue weighted by atomic mass is 32.1. The average molecular weight is 366 g/mol. The summed E-state index contributed by atoms with van der Waals surface area (Å²) in [6.45, 7) is 2.33. The van der Waals surface area contributed by atoms with Crippen LogP contribution in [0.1, 0.15) is 21.1 Å². The molecule has 5 heteroatoms. The molecule has 0 unspecified atom stereocenters. The minimum atomic E-state index is -0.0837. The lowest BCUT2D eigenvalue weighted by Crippen LogP contribution is -2.43. The Bertz CT molecular complexity index is 861. The van der Waals surface area contributed by atoms with Gasteiger partial charge >= 0.3 is 0 Å². The Morgan fingerprint density at radius 2 is 1.73 bits per heavy atom. The summed E-state index contributed by atoms with van der Waals surface area (Å²) in [6, 6.07) is 20.0. The smallest absolute Gasteiger partial charge is 0.274 e. The van der Waals surface area contributed by atoms with Gasteiger partial charge in [-0.3, -0.25) is 4.79 Å². The summed E-state index contributed by atoms with van der Waals surface area (Å²) in [5.74, 6) is -0.0837. The van der Waals surface area contributed by atoms with E-state index in [2.05, 4.69) is 17.1 Å². The van der Waals surface area contributed by atoms with Gasteiger partial charge in [-0.1, -0.05) is 60.7 Å². The number of hydrogen-bond donors (Lipinski definition) is 1. The van der Waals surface area contributed by atoms with Crippen molar-refractivity contribution in [1.29, 1.82) is 0 Å². The molecule has 4 nitrogen and oxygen atoms in total. The third kappa shape index (κ3) is 4.00. The largest absolute Gasteiger partial charge is 0.336 e. The molecule has 1 amide bonds. The molecular weight excluding hydrogens is 342 g/mol. The van der Waals surface area contributed by atoms with Crippen molar-refractivity contribution < 1.29 is 4.79 Å². The quantitative estimate of drug-likeness (QED) is 0.723.